The summed E-state index contributed by atoms with van der Waals surface area (Å²) in [4.78, 5) is 13.5. The molecule has 1 aliphatic rings. The van der Waals surface area contributed by atoms with E-state index in [2.05, 4.69) is 0 Å². The standard InChI is InChI=1S/C14H16F3NO/c1-2-18-7-6-11(9-13(18)19)10-4-3-5-12(8-10)14(15,16)17/h3-5,8,11H,2,6-7,9H2,1H3. The summed E-state index contributed by atoms with van der Waals surface area (Å²) in [5.41, 5.74) is -0.0331. The smallest absolute Gasteiger partial charge is 0.343 e. The van der Waals surface area contributed by atoms with Crippen LogP contribution in [0.5, 0.6) is 0 Å². The van der Waals surface area contributed by atoms with Crippen LogP contribution in [0.3, 0.4) is 0 Å². The second-order valence-corrected chi connectivity index (χ2v) is 4.79. The molecule has 0 bridgehead atoms. The Morgan fingerprint density at radius 1 is 1.37 bits per heavy atom. The van der Waals surface area contributed by atoms with E-state index in [9.17, 15) is 18.0 Å². The Balaban J connectivity index is 2.17. The largest absolute Gasteiger partial charge is 0.416 e. The van der Waals surface area contributed by atoms with Crippen LogP contribution in [0.2, 0.25) is 0 Å². The molecule has 1 fully saturated rings. The number of alkyl halides is 3. The SMILES string of the molecule is CCN1CCC(c2cccc(C(F)(F)F)c2)CC1=O. The van der Waals surface area contributed by atoms with Gasteiger partial charge < -0.3 is 4.90 Å². The highest BCUT2D eigenvalue weighted by Crippen LogP contribution is 2.34. The van der Waals surface area contributed by atoms with Crippen LogP contribution in [0.25, 0.3) is 0 Å². The number of likely N-dealkylation sites (tertiary alicyclic amines) is 1. The average Bonchev–Trinajstić information content (AvgIpc) is 2.38. The molecular weight excluding hydrogens is 255 g/mol. The van der Waals surface area contributed by atoms with E-state index in [0.717, 1.165) is 12.5 Å². The highest BCUT2D eigenvalue weighted by Gasteiger charge is 2.32. The molecule has 104 valence electrons. The monoisotopic (exact) mass is 271 g/mol. The van der Waals surface area contributed by atoms with Crippen molar-refractivity contribution >= 4 is 5.91 Å². The zero-order valence-corrected chi connectivity index (χ0v) is 10.7. The zero-order chi connectivity index (χ0) is 14.0. The summed E-state index contributed by atoms with van der Waals surface area (Å²) in [6.45, 7) is 3.19. The molecule has 0 aromatic heterocycles. The minimum absolute atomic E-state index is 0.0242. The van der Waals surface area contributed by atoms with Gasteiger partial charge in [0.2, 0.25) is 5.91 Å². The first-order valence-corrected chi connectivity index (χ1v) is 6.36. The van der Waals surface area contributed by atoms with E-state index >= 15 is 0 Å². The Bertz CT molecular complexity index is 470. The molecule has 2 rings (SSSR count). The van der Waals surface area contributed by atoms with Gasteiger partial charge in [0.05, 0.1) is 5.56 Å². The van der Waals surface area contributed by atoms with Crippen LogP contribution in [-0.2, 0) is 11.0 Å². The fourth-order valence-corrected chi connectivity index (χ4v) is 2.47. The van der Waals surface area contributed by atoms with E-state index in [1.54, 1.807) is 11.0 Å². The van der Waals surface area contributed by atoms with Crippen LogP contribution in [-0.4, -0.2) is 23.9 Å². The maximum Gasteiger partial charge on any atom is 0.416 e. The first-order valence-electron chi connectivity index (χ1n) is 6.36. The molecule has 0 saturated carbocycles. The molecule has 1 saturated heterocycles. The minimum atomic E-state index is -4.33. The average molecular weight is 271 g/mol. The van der Waals surface area contributed by atoms with Crippen LogP contribution in [0.1, 0.15) is 36.8 Å². The normalized spacial score (nSPS) is 20.7. The molecular formula is C14H16F3NO. The van der Waals surface area contributed by atoms with Crippen molar-refractivity contribution in [2.45, 2.75) is 31.9 Å². The lowest BCUT2D eigenvalue weighted by Crippen LogP contribution is -2.37. The molecule has 1 aromatic carbocycles. The summed E-state index contributed by atoms with van der Waals surface area (Å²) < 4.78 is 38.0. The Kier molecular flexibility index (Phi) is 3.83. The van der Waals surface area contributed by atoms with Gasteiger partial charge in [-0.15, -0.1) is 0 Å². The number of carbonyl (C=O) groups excluding carboxylic acids is 1. The zero-order valence-electron chi connectivity index (χ0n) is 10.7. The molecule has 0 aliphatic carbocycles. The molecule has 1 aromatic rings. The lowest BCUT2D eigenvalue weighted by molar-refractivity contribution is -0.137. The maximum atomic E-state index is 12.7. The van der Waals surface area contributed by atoms with Crippen LogP contribution in [0.15, 0.2) is 24.3 Å². The third-order valence-electron chi connectivity index (χ3n) is 3.59. The molecule has 0 spiro atoms. The minimum Gasteiger partial charge on any atom is -0.343 e. The van der Waals surface area contributed by atoms with E-state index in [-0.39, 0.29) is 11.8 Å². The molecule has 1 heterocycles. The van der Waals surface area contributed by atoms with Gasteiger partial charge in [-0.3, -0.25) is 4.79 Å². The van der Waals surface area contributed by atoms with E-state index < -0.39 is 11.7 Å². The number of hydrogen-bond acceptors (Lipinski definition) is 1. The van der Waals surface area contributed by atoms with Crippen molar-refractivity contribution in [1.29, 1.82) is 0 Å². The topological polar surface area (TPSA) is 20.3 Å². The van der Waals surface area contributed by atoms with Crippen molar-refractivity contribution < 1.29 is 18.0 Å². The summed E-state index contributed by atoms with van der Waals surface area (Å²) in [5.74, 6) is -0.0752. The molecule has 1 amide bonds. The number of amides is 1. The first-order chi connectivity index (χ1) is 8.91. The number of hydrogen-bond donors (Lipinski definition) is 0. The quantitative estimate of drug-likeness (QED) is 0.807. The van der Waals surface area contributed by atoms with Crippen LogP contribution in [0, 0.1) is 0 Å². The van der Waals surface area contributed by atoms with Gasteiger partial charge in [-0.2, -0.15) is 13.2 Å². The molecule has 1 aliphatic heterocycles. The number of piperidine rings is 1. The predicted molar refractivity (Wildman–Crippen MR) is 65.7 cm³/mol. The Morgan fingerprint density at radius 2 is 2.11 bits per heavy atom. The van der Waals surface area contributed by atoms with Gasteiger partial charge in [0.1, 0.15) is 0 Å². The Morgan fingerprint density at radius 3 is 2.68 bits per heavy atom. The highest BCUT2D eigenvalue weighted by molar-refractivity contribution is 5.78. The molecule has 19 heavy (non-hydrogen) atoms. The van der Waals surface area contributed by atoms with Crippen molar-refractivity contribution in [2.24, 2.45) is 0 Å². The fourth-order valence-electron chi connectivity index (χ4n) is 2.47. The van der Waals surface area contributed by atoms with Gasteiger partial charge in [-0.25, -0.2) is 0 Å². The fraction of sp³-hybridized carbons (Fsp3) is 0.500. The lowest BCUT2D eigenvalue weighted by Gasteiger charge is -2.31. The third-order valence-corrected chi connectivity index (χ3v) is 3.59. The van der Waals surface area contributed by atoms with Gasteiger partial charge in [0.15, 0.2) is 0 Å². The molecule has 5 heteroatoms. The first kappa shape index (κ1) is 13.9. The number of rotatable bonds is 2. The van der Waals surface area contributed by atoms with Crippen LogP contribution >= 0.6 is 0 Å². The lowest BCUT2D eigenvalue weighted by atomic mass is 9.88. The number of benzene rings is 1. The summed E-state index contributed by atoms with van der Waals surface area (Å²) >= 11 is 0. The van der Waals surface area contributed by atoms with Crippen molar-refractivity contribution in [1.82, 2.24) is 4.90 Å². The second-order valence-electron chi connectivity index (χ2n) is 4.79. The molecule has 1 atom stereocenters. The third kappa shape index (κ3) is 3.08. The van der Waals surface area contributed by atoms with E-state index in [1.165, 1.54) is 12.1 Å². The number of halogens is 3. The van der Waals surface area contributed by atoms with Crippen LogP contribution in [0.4, 0.5) is 13.2 Å². The van der Waals surface area contributed by atoms with Gasteiger partial charge in [0, 0.05) is 19.5 Å². The van der Waals surface area contributed by atoms with E-state index in [0.29, 0.717) is 25.1 Å². The molecule has 0 radical (unpaired) electrons. The van der Waals surface area contributed by atoms with E-state index in [4.69, 9.17) is 0 Å². The van der Waals surface area contributed by atoms with Gasteiger partial charge in [-0.05, 0) is 30.9 Å². The summed E-state index contributed by atoms with van der Waals surface area (Å²) in [5, 5.41) is 0. The van der Waals surface area contributed by atoms with Gasteiger partial charge >= 0.3 is 6.18 Å². The Hall–Kier alpha value is -1.52. The Labute approximate surface area is 110 Å². The summed E-state index contributed by atoms with van der Waals surface area (Å²) in [6, 6.07) is 5.32. The van der Waals surface area contributed by atoms with Crippen LogP contribution < -0.4 is 0 Å². The second kappa shape index (κ2) is 5.23. The summed E-state index contributed by atoms with van der Waals surface area (Å²) in [7, 11) is 0. The van der Waals surface area contributed by atoms with Crippen molar-refractivity contribution in [3.05, 3.63) is 35.4 Å². The predicted octanol–water partition coefficient (Wildman–Crippen LogP) is 3.43. The van der Waals surface area contributed by atoms with Crippen molar-refractivity contribution in [2.75, 3.05) is 13.1 Å². The van der Waals surface area contributed by atoms with Gasteiger partial charge in [0.25, 0.3) is 0 Å². The number of nitrogens with zero attached hydrogens (tertiary/aromatic N) is 1. The number of carbonyl (C=O) groups is 1. The molecule has 2 nitrogen and oxygen atoms in total. The maximum absolute atomic E-state index is 12.7. The van der Waals surface area contributed by atoms with Crippen molar-refractivity contribution in [3.8, 4) is 0 Å². The highest BCUT2D eigenvalue weighted by atomic mass is 19.4. The molecule has 1 unspecified atom stereocenters. The molecule has 0 N–H and O–H groups in total. The van der Waals surface area contributed by atoms with Gasteiger partial charge in [-0.1, -0.05) is 18.2 Å². The van der Waals surface area contributed by atoms with E-state index in [1.807, 2.05) is 6.92 Å². The summed E-state index contributed by atoms with van der Waals surface area (Å²) in [6.07, 6.45) is -3.31. The van der Waals surface area contributed by atoms with Crippen molar-refractivity contribution in [3.63, 3.8) is 0 Å².